The third kappa shape index (κ3) is 3.53. The van der Waals surface area contributed by atoms with Gasteiger partial charge in [-0.1, -0.05) is 6.92 Å². The quantitative estimate of drug-likeness (QED) is 0.823. The van der Waals surface area contributed by atoms with Crippen molar-refractivity contribution in [3.05, 3.63) is 14.7 Å². The third-order valence-electron chi connectivity index (χ3n) is 2.30. The van der Waals surface area contributed by atoms with Crippen molar-refractivity contribution in [2.75, 3.05) is 7.11 Å². The molecule has 1 unspecified atom stereocenters. The zero-order chi connectivity index (χ0) is 13.9. The molecule has 102 valence electrons. The predicted molar refractivity (Wildman–Crippen MR) is 73.4 cm³/mol. The average molecular weight is 356 g/mol. The summed E-state index contributed by atoms with van der Waals surface area (Å²) in [4.78, 5) is 11.6. The number of hydrogen-bond donors (Lipinski definition) is 1. The van der Waals surface area contributed by atoms with Gasteiger partial charge in [0.2, 0.25) is 10.0 Å². The van der Waals surface area contributed by atoms with Gasteiger partial charge in [-0.25, -0.2) is 17.9 Å². The number of thiophene rings is 1. The van der Waals surface area contributed by atoms with E-state index >= 15 is 0 Å². The number of sulfonamides is 1. The minimum Gasteiger partial charge on any atom is -0.465 e. The highest BCUT2D eigenvalue weighted by Crippen LogP contribution is 2.32. The molecule has 5 nitrogen and oxygen atoms in total. The van der Waals surface area contributed by atoms with E-state index < -0.39 is 16.0 Å². The number of nitrogens with one attached hydrogen (secondary N) is 1. The highest BCUT2D eigenvalue weighted by Gasteiger charge is 2.24. The SMILES string of the molecule is CCC(C)NS(=O)(=O)c1cc(C(=O)OC)sc1Br. The molecular weight excluding hydrogens is 342 g/mol. The molecule has 0 radical (unpaired) electrons. The number of carbonyl (C=O) groups excluding carboxylic acids is 1. The maximum atomic E-state index is 12.1. The molecule has 0 saturated carbocycles. The van der Waals surface area contributed by atoms with Crippen molar-refractivity contribution in [3.8, 4) is 0 Å². The summed E-state index contributed by atoms with van der Waals surface area (Å²) in [6.07, 6.45) is 0.685. The molecule has 0 aliphatic rings. The van der Waals surface area contributed by atoms with E-state index in [1.165, 1.54) is 13.2 Å². The van der Waals surface area contributed by atoms with Gasteiger partial charge in [0, 0.05) is 6.04 Å². The molecule has 18 heavy (non-hydrogen) atoms. The highest BCUT2D eigenvalue weighted by molar-refractivity contribution is 9.11. The fraction of sp³-hybridized carbons (Fsp3) is 0.500. The van der Waals surface area contributed by atoms with Crippen LogP contribution in [0.3, 0.4) is 0 Å². The lowest BCUT2D eigenvalue weighted by atomic mass is 10.3. The zero-order valence-corrected chi connectivity index (χ0v) is 13.4. The minimum atomic E-state index is -3.62. The Morgan fingerprint density at radius 1 is 1.61 bits per heavy atom. The van der Waals surface area contributed by atoms with Crippen LogP contribution in [0.4, 0.5) is 0 Å². The number of esters is 1. The van der Waals surface area contributed by atoms with Crippen molar-refractivity contribution in [2.45, 2.75) is 31.2 Å². The zero-order valence-electron chi connectivity index (χ0n) is 10.2. The first-order valence-electron chi connectivity index (χ1n) is 5.21. The van der Waals surface area contributed by atoms with Crippen LogP contribution in [0.15, 0.2) is 14.7 Å². The molecule has 0 fully saturated rings. The number of rotatable bonds is 5. The second kappa shape index (κ2) is 6.14. The molecule has 0 aliphatic heterocycles. The fourth-order valence-corrected chi connectivity index (χ4v) is 4.96. The van der Waals surface area contributed by atoms with E-state index in [0.29, 0.717) is 10.2 Å². The van der Waals surface area contributed by atoms with Gasteiger partial charge < -0.3 is 4.74 Å². The van der Waals surface area contributed by atoms with Crippen LogP contribution in [0.5, 0.6) is 0 Å². The largest absolute Gasteiger partial charge is 0.465 e. The van der Waals surface area contributed by atoms with Gasteiger partial charge >= 0.3 is 5.97 Å². The Kier molecular flexibility index (Phi) is 5.32. The molecule has 0 aliphatic carbocycles. The Morgan fingerprint density at radius 3 is 2.72 bits per heavy atom. The molecule has 1 atom stereocenters. The molecule has 1 aromatic rings. The van der Waals surface area contributed by atoms with Gasteiger partial charge in [0.15, 0.2) is 0 Å². The number of methoxy groups -OCH3 is 1. The van der Waals surface area contributed by atoms with E-state index in [2.05, 4.69) is 25.4 Å². The second-order valence-electron chi connectivity index (χ2n) is 3.67. The lowest BCUT2D eigenvalue weighted by molar-refractivity contribution is 0.0606. The Labute approximate surface area is 119 Å². The molecule has 1 rings (SSSR count). The Bertz CT molecular complexity index is 538. The van der Waals surface area contributed by atoms with E-state index in [1.54, 1.807) is 6.92 Å². The average Bonchev–Trinajstić information content (AvgIpc) is 2.70. The van der Waals surface area contributed by atoms with Crippen molar-refractivity contribution in [1.29, 1.82) is 0 Å². The van der Waals surface area contributed by atoms with Crippen molar-refractivity contribution >= 4 is 43.3 Å². The molecule has 1 heterocycles. The van der Waals surface area contributed by atoms with Crippen LogP contribution in [-0.4, -0.2) is 27.5 Å². The lowest BCUT2D eigenvalue weighted by Crippen LogP contribution is -2.31. The van der Waals surface area contributed by atoms with Crippen LogP contribution in [0, 0.1) is 0 Å². The van der Waals surface area contributed by atoms with Crippen LogP contribution < -0.4 is 4.72 Å². The van der Waals surface area contributed by atoms with E-state index in [0.717, 1.165) is 11.3 Å². The van der Waals surface area contributed by atoms with Gasteiger partial charge in [-0.15, -0.1) is 11.3 Å². The summed E-state index contributed by atoms with van der Waals surface area (Å²) >= 11 is 4.19. The van der Waals surface area contributed by atoms with Crippen molar-refractivity contribution in [1.82, 2.24) is 4.72 Å². The molecule has 0 saturated heterocycles. The van der Waals surface area contributed by atoms with Crippen LogP contribution in [0.1, 0.15) is 29.9 Å². The van der Waals surface area contributed by atoms with Crippen molar-refractivity contribution in [3.63, 3.8) is 0 Å². The number of ether oxygens (including phenoxy) is 1. The van der Waals surface area contributed by atoms with E-state index in [9.17, 15) is 13.2 Å². The van der Waals surface area contributed by atoms with Crippen molar-refractivity contribution in [2.24, 2.45) is 0 Å². The standard InChI is InChI=1S/C10H14BrNO4S2/c1-4-6(2)12-18(14,15)8-5-7(10(13)16-3)17-9(8)11/h5-6,12H,4H2,1-3H3. The normalized spacial score (nSPS) is 13.3. The third-order valence-corrected chi connectivity index (χ3v) is 6.12. The summed E-state index contributed by atoms with van der Waals surface area (Å²) in [5, 5.41) is 0. The van der Waals surface area contributed by atoms with E-state index in [1.807, 2.05) is 6.92 Å². The van der Waals surface area contributed by atoms with Gasteiger partial charge in [-0.2, -0.15) is 0 Å². The summed E-state index contributed by atoms with van der Waals surface area (Å²) < 4.78 is 31.6. The molecule has 0 amide bonds. The Hall–Kier alpha value is -0.440. The van der Waals surface area contributed by atoms with Gasteiger partial charge in [-0.3, -0.25) is 0 Å². The van der Waals surface area contributed by atoms with Gasteiger partial charge in [0.1, 0.15) is 9.77 Å². The minimum absolute atomic E-state index is 0.0631. The number of halogens is 1. The van der Waals surface area contributed by atoms with Gasteiger partial charge in [0.05, 0.1) is 10.9 Å². The monoisotopic (exact) mass is 355 g/mol. The maximum Gasteiger partial charge on any atom is 0.348 e. The number of carbonyl (C=O) groups is 1. The topological polar surface area (TPSA) is 72.5 Å². The maximum absolute atomic E-state index is 12.1. The molecule has 1 aromatic heterocycles. The molecule has 0 spiro atoms. The molecule has 0 bridgehead atoms. The smallest absolute Gasteiger partial charge is 0.348 e. The molecular formula is C10H14BrNO4S2. The van der Waals surface area contributed by atoms with E-state index in [4.69, 9.17) is 0 Å². The second-order valence-corrected chi connectivity index (χ2v) is 7.72. The first kappa shape index (κ1) is 15.6. The van der Waals surface area contributed by atoms with Crippen LogP contribution >= 0.6 is 27.3 Å². The highest BCUT2D eigenvalue weighted by atomic mass is 79.9. The summed E-state index contributed by atoms with van der Waals surface area (Å²) in [5.74, 6) is -0.550. The summed E-state index contributed by atoms with van der Waals surface area (Å²) in [5.41, 5.74) is 0. The molecule has 0 aromatic carbocycles. The van der Waals surface area contributed by atoms with Crippen LogP contribution in [-0.2, 0) is 14.8 Å². The van der Waals surface area contributed by atoms with Crippen LogP contribution in [0.2, 0.25) is 0 Å². The van der Waals surface area contributed by atoms with Crippen molar-refractivity contribution < 1.29 is 17.9 Å². The predicted octanol–water partition coefficient (Wildman–Crippen LogP) is 2.37. The Balaban J connectivity index is 3.10. The van der Waals surface area contributed by atoms with Gasteiger partial charge in [-0.05, 0) is 35.3 Å². The summed E-state index contributed by atoms with van der Waals surface area (Å²) in [6.45, 7) is 3.66. The number of hydrogen-bond acceptors (Lipinski definition) is 5. The fourth-order valence-electron chi connectivity index (χ4n) is 1.15. The lowest BCUT2D eigenvalue weighted by Gasteiger charge is -2.11. The first-order chi connectivity index (χ1) is 8.31. The molecule has 8 heteroatoms. The molecule has 1 N–H and O–H groups in total. The van der Waals surface area contributed by atoms with Crippen LogP contribution in [0.25, 0.3) is 0 Å². The van der Waals surface area contributed by atoms with Gasteiger partial charge in [0.25, 0.3) is 0 Å². The summed E-state index contributed by atoms with van der Waals surface area (Å²) in [6, 6.07) is 1.15. The summed E-state index contributed by atoms with van der Waals surface area (Å²) in [7, 11) is -2.37. The Morgan fingerprint density at radius 2 is 2.22 bits per heavy atom. The first-order valence-corrected chi connectivity index (χ1v) is 8.31. The van der Waals surface area contributed by atoms with E-state index in [-0.39, 0.29) is 15.8 Å².